The van der Waals surface area contributed by atoms with E-state index in [0.717, 1.165) is 23.1 Å². The van der Waals surface area contributed by atoms with Crippen LogP contribution in [-0.2, 0) is 29.0 Å². The lowest BCUT2D eigenvalue weighted by molar-refractivity contribution is -0.141. The van der Waals surface area contributed by atoms with Crippen LogP contribution in [0.4, 0.5) is 0 Å². The highest BCUT2D eigenvalue weighted by atomic mass is 16.2. The zero-order valence-electron chi connectivity index (χ0n) is 19.6. The average Bonchev–Trinajstić information content (AvgIpc) is 2.86. The summed E-state index contributed by atoms with van der Waals surface area (Å²) < 4.78 is 0. The van der Waals surface area contributed by atoms with Crippen LogP contribution in [0.25, 0.3) is 0 Å². The predicted molar refractivity (Wildman–Crippen MR) is 134 cm³/mol. The Morgan fingerprint density at radius 3 is 1.85 bits per heavy atom. The van der Waals surface area contributed by atoms with Crippen LogP contribution in [-0.4, -0.2) is 28.8 Å². The number of hydrogen-bond acceptors (Lipinski definition) is 2. The minimum atomic E-state index is -0.579. The summed E-state index contributed by atoms with van der Waals surface area (Å²) >= 11 is 0. The second-order valence-corrected chi connectivity index (χ2v) is 8.52. The standard InChI is InChI=1S/C29H34N2O2/c1-3-23(2)30-29(33)27(21-25-15-9-5-10-16-25)31(22-26-17-11-6-12-18-26)28(32)20-19-24-13-7-4-8-14-24/h4-18,23,27H,3,19-22H2,1-2H3,(H,30,33)/t23-,27-/m0/s1. The third-order valence-corrected chi connectivity index (χ3v) is 5.94. The average molecular weight is 443 g/mol. The highest BCUT2D eigenvalue weighted by Gasteiger charge is 2.30. The first-order chi connectivity index (χ1) is 16.1. The fourth-order valence-corrected chi connectivity index (χ4v) is 3.81. The lowest BCUT2D eigenvalue weighted by Crippen LogP contribution is -2.52. The molecule has 0 aromatic heterocycles. The largest absolute Gasteiger partial charge is 0.352 e. The van der Waals surface area contributed by atoms with Crippen LogP contribution in [0.5, 0.6) is 0 Å². The first-order valence-electron chi connectivity index (χ1n) is 11.8. The number of nitrogens with one attached hydrogen (secondary N) is 1. The van der Waals surface area contributed by atoms with Crippen LogP contribution in [0.15, 0.2) is 91.0 Å². The van der Waals surface area contributed by atoms with E-state index in [0.29, 0.717) is 25.8 Å². The van der Waals surface area contributed by atoms with Crippen LogP contribution < -0.4 is 5.32 Å². The van der Waals surface area contributed by atoms with Crippen molar-refractivity contribution in [3.63, 3.8) is 0 Å². The predicted octanol–water partition coefficient (Wildman–Crippen LogP) is 5.17. The summed E-state index contributed by atoms with van der Waals surface area (Å²) in [6.07, 6.45) is 2.33. The molecule has 3 aromatic rings. The van der Waals surface area contributed by atoms with Crippen molar-refractivity contribution < 1.29 is 9.59 Å². The fourth-order valence-electron chi connectivity index (χ4n) is 3.81. The number of aryl methyl sites for hydroxylation is 1. The van der Waals surface area contributed by atoms with Crippen LogP contribution in [0, 0.1) is 0 Å². The molecule has 172 valence electrons. The third kappa shape index (κ3) is 7.60. The Balaban J connectivity index is 1.88. The molecule has 0 unspecified atom stereocenters. The van der Waals surface area contributed by atoms with Gasteiger partial charge in [0, 0.05) is 25.4 Å². The molecule has 0 aliphatic carbocycles. The van der Waals surface area contributed by atoms with Gasteiger partial charge < -0.3 is 10.2 Å². The van der Waals surface area contributed by atoms with Crippen molar-refractivity contribution in [2.75, 3.05) is 0 Å². The van der Waals surface area contributed by atoms with Crippen LogP contribution in [0.2, 0.25) is 0 Å². The normalized spacial score (nSPS) is 12.5. The lowest BCUT2D eigenvalue weighted by atomic mass is 10.0. The number of nitrogens with zero attached hydrogens (tertiary/aromatic N) is 1. The summed E-state index contributed by atoms with van der Waals surface area (Å²) in [5.41, 5.74) is 3.17. The molecule has 2 atom stereocenters. The molecule has 2 amide bonds. The Kier molecular flexibility index (Phi) is 9.25. The van der Waals surface area contributed by atoms with E-state index in [2.05, 4.69) is 5.32 Å². The van der Waals surface area contributed by atoms with Crippen molar-refractivity contribution in [3.05, 3.63) is 108 Å². The summed E-state index contributed by atoms with van der Waals surface area (Å²) in [6, 6.07) is 29.3. The van der Waals surface area contributed by atoms with Gasteiger partial charge in [0.05, 0.1) is 0 Å². The van der Waals surface area contributed by atoms with E-state index in [4.69, 9.17) is 0 Å². The Hall–Kier alpha value is -3.40. The zero-order chi connectivity index (χ0) is 23.5. The molecule has 0 saturated carbocycles. The minimum absolute atomic E-state index is 0.0112. The first-order valence-corrected chi connectivity index (χ1v) is 11.8. The van der Waals surface area contributed by atoms with Gasteiger partial charge in [-0.1, -0.05) is 97.9 Å². The molecule has 0 saturated heterocycles. The molecule has 0 fully saturated rings. The second-order valence-electron chi connectivity index (χ2n) is 8.52. The number of hydrogen-bond donors (Lipinski definition) is 1. The van der Waals surface area contributed by atoms with E-state index in [9.17, 15) is 9.59 Å². The molecule has 3 aromatic carbocycles. The quantitative estimate of drug-likeness (QED) is 0.445. The lowest BCUT2D eigenvalue weighted by Gasteiger charge is -2.32. The van der Waals surface area contributed by atoms with Crippen molar-refractivity contribution in [2.24, 2.45) is 0 Å². The van der Waals surface area contributed by atoms with Gasteiger partial charge in [-0.15, -0.1) is 0 Å². The van der Waals surface area contributed by atoms with Crippen molar-refractivity contribution in [1.82, 2.24) is 10.2 Å². The zero-order valence-corrected chi connectivity index (χ0v) is 19.6. The molecule has 3 rings (SSSR count). The maximum atomic E-state index is 13.6. The Labute approximate surface area is 197 Å². The van der Waals surface area contributed by atoms with Crippen LogP contribution in [0.3, 0.4) is 0 Å². The summed E-state index contributed by atoms with van der Waals surface area (Å²) in [6.45, 7) is 4.44. The Morgan fingerprint density at radius 1 is 0.788 bits per heavy atom. The summed E-state index contributed by atoms with van der Waals surface area (Å²) in [7, 11) is 0. The van der Waals surface area contributed by atoms with E-state index >= 15 is 0 Å². The van der Waals surface area contributed by atoms with Gasteiger partial charge in [-0.05, 0) is 36.5 Å². The van der Waals surface area contributed by atoms with Gasteiger partial charge in [0.25, 0.3) is 0 Å². The molecule has 0 bridgehead atoms. The smallest absolute Gasteiger partial charge is 0.243 e. The van der Waals surface area contributed by atoms with Crippen LogP contribution >= 0.6 is 0 Å². The van der Waals surface area contributed by atoms with E-state index in [1.807, 2.05) is 105 Å². The summed E-state index contributed by atoms with van der Waals surface area (Å²) in [5.74, 6) is -0.111. The molecule has 4 nitrogen and oxygen atoms in total. The maximum absolute atomic E-state index is 13.6. The fraction of sp³-hybridized carbons (Fsp3) is 0.310. The summed E-state index contributed by atoms with van der Waals surface area (Å²) in [5, 5.41) is 3.11. The molecule has 0 aliphatic rings. The van der Waals surface area contributed by atoms with Gasteiger partial charge in [0.1, 0.15) is 6.04 Å². The molecular weight excluding hydrogens is 408 g/mol. The maximum Gasteiger partial charge on any atom is 0.243 e. The third-order valence-electron chi connectivity index (χ3n) is 5.94. The number of rotatable bonds is 11. The van der Waals surface area contributed by atoms with Crippen LogP contribution in [0.1, 0.15) is 43.4 Å². The van der Waals surface area contributed by atoms with E-state index < -0.39 is 6.04 Å². The highest BCUT2D eigenvalue weighted by Crippen LogP contribution is 2.17. The number of carbonyl (C=O) groups excluding carboxylic acids is 2. The minimum Gasteiger partial charge on any atom is -0.352 e. The number of amides is 2. The highest BCUT2D eigenvalue weighted by molar-refractivity contribution is 5.88. The van der Waals surface area contributed by atoms with Gasteiger partial charge in [-0.2, -0.15) is 0 Å². The van der Waals surface area contributed by atoms with Crippen molar-refractivity contribution in [2.45, 2.75) is 58.2 Å². The van der Waals surface area contributed by atoms with Gasteiger partial charge in [-0.25, -0.2) is 0 Å². The molecular formula is C29H34N2O2. The summed E-state index contributed by atoms with van der Waals surface area (Å²) in [4.78, 5) is 28.7. The molecule has 1 N–H and O–H groups in total. The van der Waals surface area contributed by atoms with Crippen molar-refractivity contribution in [3.8, 4) is 0 Å². The van der Waals surface area contributed by atoms with E-state index in [1.54, 1.807) is 4.90 Å². The molecule has 33 heavy (non-hydrogen) atoms. The Morgan fingerprint density at radius 2 is 1.30 bits per heavy atom. The van der Waals surface area contributed by atoms with Crippen molar-refractivity contribution >= 4 is 11.8 Å². The van der Waals surface area contributed by atoms with Crippen molar-refractivity contribution in [1.29, 1.82) is 0 Å². The second kappa shape index (κ2) is 12.6. The monoisotopic (exact) mass is 442 g/mol. The van der Waals surface area contributed by atoms with Gasteiger partial charge in [0.2, 0.25) is 11.8 Å². The Bertz CT molecular complexity index is 990. The van der Waals surface area contributed by atoms with Gasteiger partial charge in [0.15, 0.2) is 0 Å². The molecule has 0 aliphatic heterocycles. The van der Waals surface area contributed by atoms with Gasteiger partial charge >= 0.3 is 0 Å². The molecule has 0 radical (unpaired) electrons. The molecule has 0 heterocycles. The number of carbonyl (C=O) groups is 2. The van der Waals surface area contributed by atoms with E-state index in [-0.39, 0.29) is 17.9 Å². The molecule has 4 heteroatoms. The first kappa shape index (κ1) is 24.2. The number of benzene rings is 3. The topological polar surface area (TPSA) is 49.4 Å². The molecule has 0 spiro atoms. The SMILES string of the molecule is CC[C@H](C)NC(=O)[C@H](Cc1ccccc1)N(Cc1ccccc1)C(=O)CCc1ccccc1. The van der Waals surface area contributed by atoms with E-state index in [1.165, 1.54) is 0 Å². The van der Waals surface area contributed by atoms with Gasteiger partial charge in [-0.3, -0.25) is 9.59 Å².